The molecule has 0 N–H and O–H groups in total. The Kier molecular flexibility index (Phi) is 3.47. The average molecular weight is 260 g/mol. The zero-order valence-electron chi connectivity index (χ0n) is 11.1. The number of hydrogen-bond donors (Lipinski definition) is 0. The van der Waals surface area contributed by atoms with E-state index >= 15 is 0 Å². The SMILES string of the molecule is CC(=O)c1ccc(F)c(-c2c(C)cc(C)cc2F)c1. The van der Waals surface area contributed by atoms with Crippen molar-refractivity contribution >= 4 is 5.78 Å². The molecule has 0 amide bonds. The molecule has 2 aromatic carbocycles. The minimum Gasteiger partial charge on any atom is -0.295 e. The van der Waals surface area contributed by atoms with Gasteiger partial charge in [0.15, 0.2) is 5.78 Å². The third-order valence-electron chi connectivity index (χ3n) is 3.07. The summed E-state index contributed by atoms with van der Waals surface area (Å²) in [6.45, 7) is 4.91. The largest absolute Gasteiger partial charge is 0.295 e. The van der Waals surface area contributed by atoms with Crippen LogP contribution in [0, 0.1) is 25.5 Å². The van der Waals surface area contributed by atoms with Gasteiger partial charge in [-0.1, -0.05) is 6.07 Å². The van der Waals surface area contributed by atoms with Crippen molar-refractivity contribution in [1.82, 2.24) is 0 Å². The van der Waals surface area contributed by atoms with Crippen molar-refractivity contribution in [2.45, 2.75) is 20.8 Å². The third-order valence-corrected chi connectivity index (χ3v) is 3.07. The van der Waals surface area contributed by atoms with Gasteiger partial charge < -0.3 is 0 Å². The van der Waals surface area contributed by atoms with E-state index in [1.807, 2.05) is 0 Å². The Morgan fingerprint density at radius 2 is 1.68 bits per heavy atom. The van der Waals surface area contributed by atoms with Gasteiger partial charge in [0.05, 0.1) is 0 Å². The number of benzene rings is 2. The number of rotatable bonds is 2. The monoisotopic (exact) mass is 260 g/mol. The van der Waals surface area contributed by atoms with Crippen molar-refractivity contribution in [1.29, 1.82) is 0 Å². The maximum Gasteiger partial charge on any atom is 0.159 e. The van der Waals surface area contributed by atoms with Gasteiger partial charge in [-0.15, -0.1) is 0 Å². The first-order chi connectivity index (χ1) is 8.90. The van der Waals surface area contributed by atoms with Crippen LogP contribution >= 0.6 is 0 Å². The Labute approximate surface area is 110 Å². The molecule has 1 nitrogen and oxygen atoms in total. The van der Waals surface area contributed by atoms with Crippen LogP contribution in [-0.2, 0) is 0 Å². The molecule has 0 unspecified atom stereocenters. The van der Waals surface area contributed by atoms with Gasteiger partial charge in [-0.2, -0.15) is 0 Å². The summed E-state index contributed by atoms with van der Waals surface area (Å²) in [5, 5.41) is 0. The Morgan fingerprint density at radius 3 is 2.26 bits per heavy atom. The predicted octanol–water partition coefficient (Wildman–Crippen LogP) is 4.45. The van der Waals surface area contributed by atoms with E-state index < -0.39 is 11.6 Å². The highest BCUT2D eigenvalue weighted by Crippen LogP contribution is 2.30. The first-order valence-corrected chi connectivity index (χ1v) is 5.97. The van der Waals surface area contributed by atoms with Crippen molar-refractivity contribution < 1.29 is 13.6 Å². The maximum absolute atomic E-state index is 14.1. The minimum atomic E-state index is -0.532. The van der Waals surface area contributed by atoms with E-state index in [4.69, 9.17) is 0 Å². The van der Waals surface area contributed by atoms with Gasteiger partial charge in [-0.25, -0.2) is 8.78 Å². The molecule has 0 aliphatic rings. The summed E-state index contributed by atoms with van der Waals surface area (Å²) < 4.78 is 28.0. The van der Waals surface area contributed by atoms with E-state index in [0.29, 0.717) is 11.1 Å². The van der Waals surface area contributed by atoms with E-state index in [1.165, 1.54) is 31.2 Å². The first-order valence-electron chi connectivity index (χ1n) is 5.97. The second-order valence-corrected chi connectivity index (χ2v) is 4.69. The van der Waals surface area contributed by atoms with Crippen LogP contribution in [0.4, 0.5) is 8.78 Å². The lowest BCUT2D eigenvalue weighted by Crippen LogP contribution is -1.98. The van der Waals surface area contributed by atoms with Crippen LogP contribution in [0.15, 0.2) is 30.3 Å². The fourth-order valence-electron chi connectivity index (χ4n) is 2.19. The van der Waals surface area contributed by atoms with Crippen LogP contribution in [0.3, 0.4) is 0 Å². The summed E-state index contributed by atoms with van der Waals surface area (Å²) in [5.41, 5.74) is 2.14. The fourth-order valence-corrected chi connectivity index (χ4v) is 2.19. The molecule has 3 heteroatoms. The molecule has 0 atom stereocenters. The summed E-state index contributed by atoms with van der Waals surface area (Å²) in [6.07, 6.45) is 0. The van der Waals surface area contributed by atoms with Gasteiger partial charge >= 0.3 is 0 Å². The van der Waals surface area contributed by atoms with Gasteiger partial charge in [-0.05, 0) is 56.2 Å². The Morgan fingerprint density at radius 1 is 1.00 bits per heavy atom. The zero-order valence-corrected chi connectivity index (χ0v) is 11.1. The maximum atomic E-state index is 14.1. The van der Waals surface area contributed by atoms with Gasteiger partial charge in [0, 0.05) is 16.7 Å². The first kappa shape index (κ1) is 13.4. The number of ketones is 1. The molecule has 0 heterocycles. The molecule has 0 bridgehead atoms. The predicted molar refractivity (Wildman–Crippen MR) is 71.3 cm³/mol. The van der Waals surface area contributed by atoms with Crippen LogP contribution in [0.5, 0.6) is 0 Å². The molecule has 19 heavy (non-hydrogen) atoms. The topological polar surface area (TPSA) is 17.1 Å². The van der Waals surface area contributed by atoms with E-state index in [-0.39, 0.29) is 16.9 Å². The molecule has 0 saturated carbocycles. The molecule has 2 aromatic rings. The van der Waals surface area contributed by atoms with Crippen molar-refractivity contribution in [3.63, 3.8) is 0 Å². The lowest BCUT2D eigenvalue weighted by Gasteiger charge is -2.11. The highest BCUT2D eigenvalue weighted by Gasteiger charge is 2.15. The quantitative estimate of drug-likeness (QED) is 0.729. The standard InChI is InChI=1S/C16H14F2O/c1-9-6-10(2)16(15(18)7-9)13-8-12(11(3)19)4-5-14(13)17/h4-8H,1-3H3. The molecule has 0 aliphatic heterocycles. The van der Waals surface area contributed by atoms with Crippen molar-refractivity contribution in [3.05, 3.63) is 58.7 Å². The number of Topliss-reactive ketones (excluding diaryl/α,β-unsaturated/α-hetero) is 1. The normalized spacial score (nSPS) is 10.6. The fraction of sp³-hybridized carbons (Fsp3) is 0.188. The Hall–Kier alpha value is -2.03. The number of carbonyl (C=O) groups is 1. The number of halogens is 2. The summed E-state index contributed by atoms with van der Waals surface area (Å²) in [5.74, 6) is -1.18. The molecule has 0 radical (unpaired) electrons. The van der Waals surface area contributed by atoms with Gasteiger partial charge in [-0.3, -0.25) is 4.79 Å². The minimum absolute atomic E-state index is 0.128. The summed E-state index contributed by atoms with van der Waals surface area (Å²) in [4.78, 5) is 11.3. The van der Waals surface area contributed by atoms with Crippen LogP contribution in [0.25, 0.3) is 11.1 Å². The molecular formula is C16H14F2O. The molecular weight excluding hydrogens is 246 g/mol. The summed E-state index contributed by atoms with van der Waals surface area (Å²) in [6, 6.07) is 7.16. The van der Waals surface area contributed by atoms with Gasteiger partial charge in [0.2, 0.25) is 0 Å². The lowest BCUT2D eigenvalue weighted by atomic mass is 9.95. The second kappa shape index (κ2) is 4.92. The van der Waals surface area contributed by atoms with Crippen LogP contribution < -0.4 is 0 Å². The van der Waals surface area contributed by atoms with Crippen LogP contribution in [-0.4, -0.2) is 5.78 Å². The molecule has 0 aromatic heterocycles. The molecule has 0 saturated heterocycles. The number of hydrogen-bond acceptors (Lipinski definition) is 1. The van der Waals surface area contributed by atoms with Crippen LogP contribution in [0.1, 0.15) is 28.4 Å². The third kappa shape index (κ3) is 2.55. The Bertz CT molecular complexity index is 637. The highest BCUT2D eigenvalue weighted by molar-refractivity contribution is 5.95. The molecule has 2 rings (SSSR count). The number of aryl methyl sites for hydroxylation is 2. The molecule has 0 spiro atoms. The number of carbonyl (C=O) groups excluding carboxylic acids is 1. The lowest BCUT2D eigenvalue weighted by molar-refractivity contribution is 0.101. The van der Waals surface area contributed by atoms with Crippen LogP contribution in [0.2, 0.25) is 0 Å². The van der Waals surface area contributed by atoms with E-state index in [9.17, 15) is 13.6 Å². The van der Waals surface area contributed by atoms with E-state index in [0.717, 1.165) is 5.56 Å². The summed E-state index contributed by atoms with van der Waals surface area (Å²) >= 11 is 0. The van der Waals surface area contributed by atoms with Crippen molar-refractivity contribution in [3.8, 4) is 11.1 Å². The van der Waals surface area contributed by atoms with E-state index in [1.54, 1.807) is 19.9 Å². The average Bonchev–Trinajstić information content (AvgIpc) is 2.29. The molecule has 0 fully saturated rings. The van der Waals surface area contributed by atoms with Crippen molar-refractivity contribution in [2.75, 3.05) is 0 Å². The molecule has 98 valence electrons. The van der Waals surface area contributed by atoms with Crippen molar-refractivity contribution in [2.24, 2.45) is 0 Å². The van der Waals surface area contributed by atoms with Gasteiger partial charge in [0.25, 0.3) is 0 Å². The van der Waals surface area contributed by atoms with E-state index in [2.05, 4.69) is 0 Å². The zero-order chi connectivity index (χ0) is 14.2. The smallest absolute Gasteiger partial charge is 0.159 e. The Balaban J connectivity index is 2.71. The second-order valence-electron chi connectivity index (χ2n) is 4.69. The molecule has 0 aliphatic carbocycles. The highest BCUT2D eigenvalue weighted by atomic mass is 19.1. The van der Waals surface area contributed by atoms with Gasteiger partial charge in [0.1, 0.15) is 11.6 Å². The summed E-state index contributed by atoms with van der Waals surface area (Å²) in [7, 11) is 0.